The molecule has 3 aromatic carbocycles. The molecule has 6 nitrogen and oxygen atoms in total. The predicted molar refractivity (Wildman–Crippen MR) is 136 cm³/mol. The van der Waals surface area contributed by atoms with E-state index in [1.54, 1.807) is 12.1 Å². The van der Waals surface area contributed by atoms with Gasteiger partial charge < -0.3 is 9.84 Å². The number of thiazole rings is 1. The van der Waals surface area contributed by atoms with Gasteiger partial charge in [-0.05, 0) is 60.9 Å². The molecule has 0 radical (unpaired) electrons. The number of carbonyl (C=O) groups excluding carboxylic acids is 2. The number of ether oxygens (including phenoxy) is 1. The maximum absolute atomic E-state index is 13.4. The van der Waals surface area contributed by atoms with Crippen LogP contribution in [-0.2, 0) is 16.0 Å². The lowest BCUT2D eigenvalue weighted by atomic mass is 9.94. The van der Waals surface area contributed by atoms with Crippen LogP contribution in [-0.4, -0.2) is 27.9 Å². The van der Waals surface area contributed by atoms with E-state index in [-0.39, 0.29) is 17.4 Å². The number of nitrogens with zero attached hydrogens (tertiary/aromatic N) is 2. The molecule has 1 amide bonds. The molecular formula is C28H22N2O4S. The topological polar surface area (TPSA) is 79.7 Å². The zero-order chi connectivity index (χ0) is 24.3. The third-order valence-corrected chi connectivity index (χ3v) is 7.49. The Labute approximate surface area is 206 Å². The van der Waals surface area contributed by atoms with Crippen molar-refractivity contribution in [2.75, 3.05) is 4.90 Å². The van der Waals surface area contributed by atoms with E-state index in [2.05, 4.69) is 4.98 Å². The fourth-order valence-corrected chi connectivity index (χ4v) is 5.92. The smallest absolute Gasteiger partial charge is 0.301 e. The van der Waals surface area contributed by atoms with Crippen LogP contribution in [0.2, 0.25) is 0 Å². The number of fused-ring (bicyclic) bond motifs is 2. The highest BCUT2D eigenvalue weighted by molar-refractivity contribution is 7.22. The number of benzene rings is 3. The van der Waals surface area contributed by atoms with Gasteiger partial charge in [-0.1, -0.05) is 47.7 Å². The molecule has 1 fully saturated rings. The van der Waals surface area contributed by atoms with E-state index >= 15 is 0 Å². The molecule has 0 bridgehead atoms. The summed E-state index contributed by atoms with van der Waals surface area (Å²) in [5.41, 5.74) is 4.08. The number of carbonyl (C=O) groups is 2. The van der Waals surface area contributed by atoms with Crippen molar-refractivity contribution in [2.24, 2.45) is 0 Å². The van der Waals surface area contributed by atoms with Gasteiger partial charge in [0.2, 0.25) is 0 Å². The van der Waals surface area contributed by atoms with E-state index in [1.165, 1.54) is 16.2 Å². The van der Waals surface area contributed by atoms with Crippen molar-refractivity contribution in [2.45, 2.75) is 32.4 Å². The Morgan fingerprint density at radius 1 is 1.09 bits per heavy atom. The molecule has 1 saturated heterocycles. The van der Waals surface area contributed by atoms with Gasteiger partial charge in [0.05, 0.1) is 21.8 Å². The molecule has 174 valence electrons. The van der Waals surface area contributed by atoms with Gasteiger partial charge in [-0.3, -0.25) is 14.5 Å². The molecule has 0 spiro atoms. The molecule has 1 N–H and O–H groups in total. The van der Waals surface area contributed by atoms with Crippen LogP contribution in [0.3, 0.4) is 0 Å². The van der Waals surface area contributed by atoms with E-state index in [0.29, 0.717) is 10.7 Å². The summed E-state index contributed by atoms with van der Waals surface area (Å²) in [6, 6.07) is 19.7. The lowest BCUT2D eigenvalue weighted by Crippen LogP contribution is -2.29. The standard InChI is InChI=1S/C28H22N2O4S/c1-15-8-10-20-22(12-15)35-28(29-20)30-24(17-6-4-3-5-7-17)23(26(32)27(30)33)25(31)18-9-11-21-19(14-18)13-16(2)34-21/h3-12,14,16,24,31H,13H2,1-2H3/t16-,24-/m0/s1. The van der Waals surface area contributed by atoms with Crippen LogP contribution in [0.15, 0.2) is 72.3 Å². The summed E-state index contributed by atoms with van der Waals surface area (Å²) in [5.74, 6) is -0.843. The molecule has 2 aliphatic rings. The lowest BCUT2D eigenvalue weighted by molar-refractivity contribution is -0.132. The van der Waals surface area contributed by atoms with Gasteiger partial charge in [-0.15, -0.1) is 0 Å². The quantitative estimate of drug-likeness (QED) is 0.235. The first-order valence-corrected chi connectivity index (χ1v) is 12.3. The second-order valence-electron chi connectivity index (χ2n) is 9.00. The summed E-state index contributed by atoms with van der Waals surface area (Å²) in [5, 5.41) is 11.8. The molecule has 4 aromatic rings. The van der Waals surface area contributed by atoms with Gasteiger partial charge in [-0.2, -0.15) is 0 Å². The number of hydrogen-bond donors (Lipinski definition) is 1. The van der Waals surface area contributed by atoms with Crippen LogP contribution in [0.1, 0.15) is 35.2 Å². The van der Waals surface area contributed by atoms with E-state index in [4.69, 9.17) is 4.74 Å². The van der Waals surface area contributed by atoms with Crippen molar-refractivity contribution >= 4 is 44.1 Å². The minimum absolute atomic E-state index is 0.0555. The summed E-state index contributed by atoms with van der Waals surface area (Å²) in [4.78, 5) is 32.9. The molecule has 7 heteroatoms. The number of ketones is 1. The van der Waals surface area contributed by atoms with Gasteiger partial charge in [0.15, 0.2) is 5.13 Å². The molecule has 0 unspecified atom stereocenters. The van der Waals surface area contributed by atoms with Crippen LogP contribution in [0.5, 0.6) is 5.75 Å². The molecule has 1 aromatic heterocycles. The zero-order valence-electron chi connectivity index (χ0n) is 19.2. The average molecular weight is 483 g/mol. The normalized spacial score (nSPS) is 20.9. The fourth-order valence-electron chi connectivity index (χ4n) is 4.83. The number of aromatic nitrogens is 1. The fraction of sp³-hybridized carbons (Fsp3) is 0.179. The Morgan fingerprint density at radius 2 is 1.89 bits per heavy atom. The summed E-state index contributed by atoms with van der Waals surface area (Å²) in [6.45, 7) is 3.98. The van der Waals surface area contributed by atoms with E-state index < -0.39 is 17.7 Å². The van der Waals surface area contributed by atoms with Crippen molar-refractivity contribution in [1.29, 1.82) is 0 Å². The molecule has 0 saturated carbocycles. The number of aliphatic hydroxyl groups is 1. The summed E-state index contributed by atoms with van der Waals surface area (Å²) >= 11 is 1.36. The first-order valence-electron chi connectivity index (χ1n) is 11.4. The van der Waals surface area contributed by atoms with Crippen LogP contribution in [0, 0.1) is 6.92 Å². The number of hydrogen-bond acceptors (Lipinski definition) is 6. The van der Waals surface area contributed by atoms with E-state index in [9.17, 15) is 14.7 Å². The molecule has 0 aliphatic carbocycles. The molecule has 6 rings (SSSR count). The van der Waals surface area contributed by atoms with Gasteiger partial charge in [0.25, 0.3) is 5.78 Å². The van der Waals surface area contributed by atoms with Crippen LogP contribution in [0.4, 0.5) is 5.13 Å². The molecule has 2 atom stereocenters. The van der Waals surface area contributed by atoms with Crippen molar-refractivity contribution in [3.8, 4) is 5.75 Å². The Hall–Kier alpha value is -3.97. The molecule has 35 heavy (non-hydrogen) atoms. The first kappa shape index (κ1) is 21.6. The third kappa shape index (κ3) is 3.51. The summed E-state index contributed by atoms with van der Waals surface area (Å²) in [7, 11) is 0. The lowest BCUT2D eigenvalue weighted by Gasteiger charge is -2.23. The number of aliphatic hydroxyl groups excluding tert-OH is 1. The number of aryl methyl sites for hydroxylation is 1. The second-order valence-corrected chi connectivity index (χ2v) is 10.0. The Morgan fingerprint density at radius 3 is 2.69 bits per heavy atom. The van der Waals surface area contributed by atoms with Gasteiger partial charge >= 0.3 is 5.91 Å². The summed E-state index contributed by atoms with van der Waals surface area (Å²) < 4.78 is 6.71. The number of amides is 1. The second kappa shape index (κ2) is 8.06. The number of rotatable bonds is 3. The van der Waals surface area contributed by atoms with Crippen LogP contribution in [0.25, 0.3) is 16.0 Å². The van der Waals surface area contributed by atoms with Crippen LogP contribution >= 0.6 is 11.3 Å². The maximum Gasteiger partial charge on any atom is 0.301 e. The molecular weight excluding hydrogens is 460 g/mol. The van der Waals surface area contributed by atoms with Crippen molar-refractivity contribution in [1.82, 2.24) is 4.98 Å². The Balaban J connectivity index is 1.53. The van der Waals surface area contributed by atoms with Gasteiger partial charge in [0, 0.05) is 12.0 Å². The van der Waals surface area contributed by atoms with Crippen molar-refractivity contribution < 1.29 is 19.4 Å². The number of anilines is 1. The zero-order valence-corrected chi connectivity index (χ0v) is 20.0. The maximum atomic E-state index is 13.4. The van der Waals surface area contributed by atoms with Crippen molar-refractivity contribution in [3.05, 3.63) is 94.6 Å². The highest BCUT2D eigenvalue weighted by Crippen LogP contribution is 2.44. The van der Waals surface area contributed by atoms with E-state index in [0.717, 1.165) is 39.1 Å². The SMILES string of the molecule is Cc1ccc2nc(N3C(=O)C(=O)C(=C(O)c4ccc5c(c4)C[C@H](C)O5)[C@@H]3c3ccccc3)sc2c1. The van der Waals surface area contributed by atoms with Gasteiger partial charge in [0.1, 0.15) is 17.6 Å². The Kier molecular flexibility index (Phi) is 4.96. The van der Waals surface area contributed by atoms with Gasteiger partial charge in [-0.25, -0.2) is 4.98 Å². The minimum Gasteiger partial charge on any atom is -0.507 e. The highest BCUT2D eigenvalue weighted by atomic mass is 32.1. The van der Waals surface area contributed by atoms with E-state index in [1.807, 2.05) is 68.4 Å². The highest BCUT2D eigenvalue weighted by Gasteiger charge is 2.48. The minimum atomic E-state index is -0.790. The monoisotopic (exact) mass is 482 g/mol. The third-order valence-electron chi connectivity index (χ3n) is 6.47. The van der Waals surface area contributed by atoms with Crippen LogP contribution < -0.4 is 9.64 Å². The molecule has 3 heterocycles. The van der Waals surface area contributed by atoms with Crippen molar-refractivity contribution in [3.63, 3.8) is 0 Å². The summed E-state index contributed by atoms with van der Waals surface area (Å²) in [6.07, 6.45) is 0.776. The number of Topliss-reactive ketones (excluding diaryl/α,β-unsaturated/α-hetero) is 1. The first-order chi connectivity index (χ1) is 16.9. The predicted octanol–water partition coefficient (Wildman–Crippen LogP) is 5.55. The average Bonchev–Trinajstić information content (AvgIpc) is 3.51. The Bertz CT molecular complexity index is 1540. The molecule has 2 aliphatic heterocycles. The largest absolute Gasteiger partial charge is 0.507 e.